The quantitative estimate of drug-likeness (QED) is 0.0478. The monoisotopic (exact) mass is 982 g/mol. The third-order valence-corrected chi connectivity index (χ3v) is 13.4. The second kappa shape index (κ2) is 29.5. The normalized spacial score (nSPS) is 16.0. The molecular formula is C52H83N7O11. The van der Waals surface area contributed by atoms with E-state index >= 15 is 0 Å². The van der Waals surface area contributed by atoms with E-state index in [1.54, 1.807) is 64.1 Å². The van der Waals surface area contributed by atoms with Crippen LogP contribution in [0.2, 0.25) is 0 Å². The Morgan fingerprint density at radius 3 is 1.93 bits per heavy atom. The van der Waals surface area contributed by atoms with Gasteiger partial charge in [-0.3, -0.25) is 38.5 Å². The number of likely N-dealkylation sites (N-methyl/N-ethyl adjacent to an activating group) is 2. The molecule has 18 heteroatoms. The molecule has 8 atom stereocenters. The standard InChI is InChI=1S/C52H83N7O11/c1-14-34(8)47(36(10)69-13)57(11)50(66)44(31(2)3)35(9)48(64)46(33(6)7)58(12)52(68)70-30-37-21-23-39(24-22-37)55-49(65)38(19-18-27-54-51(53)67)29-40(60)45(32(4)5)56-41(61)20-16-15-17-28-59-42(62)25-26-43(59)63/h21-26,31-36,38,44-47H,14-20,27-30H2,1-13H3,(H,55,65)(H,56,61)(H3,53,54,67)/t34-,35?,36+,38+,44+,45-,46-,47-/m0/s1. The van der Waals surface area contributed by atoms with Crippen LogP contribution in [-0.2, 0) is 49.6 Å². The molecule has 1 aromatic carbocycles. The number of benzene rings is 1. The summed E-state index contributed by atoms with van der Waals surface area (Å²) < 4.78 is 11.3. The van der Waals surface area contributed by atoms with Gasteiger partial charge in [0, 0.05) is 82.7 Å². The number of nitrogens with one attached hydrogen (secondary N) is 3. The van der Waals surface area contributed by atoms with Gasteiger partial charge in [-0.05, 0) is 74.0 Å². The van der Waals surface area contributed by atoms with Crippen LogP contribution >= 0.6 is 0 Å². The summed E-state index contributed by atoms with van der Waals surface area (Å²) >= 11 is 0. The molecule has 0 bridgehead atoms. The highest BCUT2D eigenvalue weighted by atomic mass is 16.6. The van der Waals surface area contributed by atoms with Crippen molar-refractivity contribution in [2.24, 2.45) is 47.2 Å². The van der Waals surface area contributed by atoms with Crippen LogP contribution < -0.4 is 21.7 Å². The third kappa shape index (κ3) is 18.3. The molecular weight excluding hydrogens is 899 g/mol. The van der Waals surface area contributed by atoms with E-state index < -0.39 is 47.9 Å². The molecule has 1 unspecified atom stereocenters. The molecule has 0 spiro atoms. The number of primary amides is 1. The molecule has 0 saturated heterocycles. The molecule has 1 aliphatic rings. The van der Waals surface area contributed by atoms with Gasteiger partial charge in [0.1, 0.15) is 6.61 Å². The Kier molecular flexibility index (Phi) is 25.5. The molecule has 392 valence electrons. The van der Waals surface area contributed by atoms with Crippen molar-refractivity contribution in [1.82, 2.24) is 25.3 Å². The summed E-state index contributed by atoms with van der Waals surface area (Å²) in [7, 11) is 4.91. The van der Waals surface area contributed by atoms with Gasteiger partial charge in [0.15, 0.2) is 11.6 Å². The number of hydrogen-bond acceptors (Lipinski definition) is 11. The van der Waals surface area contributed by atoms with E-state index in [-0.39, 0.29) is 110 Å². The molecule has 70 heavy (non-hydrogen) atoms. The van der Waals surface area contributed by atoms with Gasteiger partial charge in [-0.2, -0.15) is 0 Å². The summed E-state index contributed by atoms with van der Waals surface area (Å²) in [5.74, 6) is -4.95. The fourth-order valence-electron chi connectivity index (χ4n) is 9.20. The number of anilines is 1. The first kappa shape index (κ1) is 60.5. The predicted molar refractivity (Wildman–Crippen MR) is 268 cm³/mol. The molecule has 0 aliphatic carbocycles. The van der Waals surface area contributed by atoms with Crippen molar-refractivity contribution in [3.63, 3.8) is 0 Å². The smallest absolute Gasteiger partial charge is 0.410 e. The van der Waals surface area contributed by atoms with Gasteiger partial charge in [-0.15, -0.1) is 0 Å². The van der Waals surface area contributed by atoms with Crippen molar-refractivity contribution >= 4 is 58.9 Å². The largest absolute Gasteiger partial charge is 0.445 e. The predicted octanol–water partition coefficient (Wildman–Crippen LogP) is 6.25. The van der Waals surface area contributed by atoms with Gasteiger partial charge in [0.05, 0.1) is 24.2 Å². The summed E-state index contributed by atoms with van der Waals surface area (Å²) in [6.45, 7) is 19.3. The molecule has 1 aliphatic heterocycles. The molecule has 1 aromatic rings. The lowest BCUT2D eigenvalue weighted by Gasteiger charge is -2.40. The van der Waals surface area contributed by atoms with Crippen LogP contribution in [0.15, 0.2) is 36.4 Å². The van der Waals surface area contributed by atoms with E-state index in [0.29, 0.717) is 36.9 Å². The number of nitrogens with zero attached hydrogens (tertiary/aromatic N) is 3. The number of methoxy groups -OCH3 is 1. The van der Waals surface area contributed by atoms with Gasteiger partial charge >= 0.3 is 12.1 Å². The Bertz CT molecular complexity index is 1940. The average molecular weight is 982 g/mol. The minimum atomic E-state index is -0.872. The van der Waals surface area contributed by atoms with Gasteiger partial charge in [0.25, 0.3) is 11.8 Å². The molecule has 0 radical (unpaired) electrons. The number of nitrogens with two attached hydrogens (primary N) is 1. The van der Waals surface area contributed by atoms with Crippen LogP contribution in [0.1, 0.15) is 126 Å². The summed E-state index contributed by atoms with van der Waals surface area (Å²) in [6.07, 6.45) is 4.50. The molecule has 0 fully saturated rings. The van der Waals surface area contributed by atoms with Crippen molar-refractivity contribution in [3.05, 3.63) is 42.0 Å². The summed E-state index contributed by atoms with van der Waals surface area (Å²) in [4.78, 5) is 121. The zero-order valence-corrected chi connectivity index (χ0v) is 44.0. The Balaban J connectivity index is 2.11. The average Bonchev–Trinajstić information content (AvgIpc) is 3.62. The number of unbranched alkanes of at least 4 members (excludes halogenated alkanes) is 2. The Morgan fingerprint density at radius 1 is 0.786 bits per heavy atom. The summed E-state index contributed by atoms with van der Waals surface area (Å²) in [5, 5.41) is 8.18. The van der Waals surface area contributed by atoms with E-state index in [4.69, 9.17) is 15.2 Å². The van der Waals surface area contributed by atoms with E-state index in [0.717, 1.165) is 11.3 Å². The molecule has 0 saturated carbocycles. The number of urea groups is 1. The highest BCUT2D eigenvalue weighted by Gasteiger charge is 2.43. The topological polar surface area (TPSA) is 244 Å². The Labute approximate surface area is 415 Å². The lowest BCUT2D eigenvalue weighted by atomic mass is 9.77. The first-order chi connectivity index (χ1) is 32.9. The summed E-state index contributed by atoms with van der Waals surface area (Å²) in [5.41, 5.74) is 6.24. The fraction of sp³-hybridized carbons (Fsp3) is 0.673. The molecule has 8 amide bonds. The van der Waals surface area contributed by atoms with Crippen molar-refractivity contribution in [3.8, 4) is 0 Å². The maximum Gasteiger partial charge on any atom is 0.410 e. The number of imide groups is 1. The first-order valence-corrected chi connectivity index (χ1v) is 24.9. The van der Waals surface area contributed by atoms with Gasteiger partial charge in [0.2, 0.25) is 17.7 Å². The number of ketones is 2. The van der Waals surface area contributed by atoms with E-state index in [1.165, 1.54) is 24.1 Å². The highest BCUT2D eigenvalue weighted by Crippen LogP contribution is 2.31. The van der Waals surface area contributed by atoms with Crippen molar-refractivity contribution in [2.45, 2.75) is 151 Å². The number of hydrogen-bond donors (Lipinski definition) is 4. The van der Waals surface area contributed by atoms with Crippen LogP contribution in [0.4, 0.5) is 15.3 Å². The maximum atomic E-state index is 14.3. The van der Waals surface area contributed by atoms with E-state index in [9.17, 15) is 43.2 Å². The molecule has 1 heterocycles. The second-order valence-electron chi connectivity index (χ2n) is 19.8. The lowest BCUT2D eigenvalue weighted by molar-refractivity contribution is -0.148. The van der Waals surface area contributed by atoms with E-state index in [1.807, 2.05) is 34.6 Å². The SMILES string of the molecule is CC[C@H](C)[C@@H]([C@@H](C)OC)N(C)C(=O)[C@H](C(C)C)C(C)C(=O)[C@H](C(C)C)N(C)C(=O)OCc1ccc(NC(=O)[C@H](CCCNC(N)=O)CC(=O)[C@@H](NC(=O)CCCCCN2C(=O)C=CC2=O)C(C)C)cc1. The third-order valence-electron chi connectivity index (χ3n) is 13.4. The number of ether oxygens (including phenoxy) is 2. The van der Waals surface area contributed by atoms with Gasteiger partial charge < -0.3 is 41.0 Å². The van der Waals surface area contributed by atoms with Crippen LogP contribution in [-0.4, -0.2) is 126 Å². The molecule has 5 N–H and O–H groups in total. The lowest BCUT2D eigenvalue weighted by Crippen LogP contribution is -2.54. The zero-order valence-electron chi connectivity index (χ0n) is 44.0. The minimum absolute atomic E-state index is 0.136. The molecule has 0 aromatic heterocycles. The van der Waals surface area contributed by atoms with Crippen LogP contribution in [0, 0.1) is 41.4 Å². The van der Waals surface area contributed by atoms with E-state index in [2.05, 4.69) is 29.8 Å². The van der Waals surface area contributed by atoms with Gasteiger partial charge in [-0.25, -0.2) is 9.59 Å². The first-order valence-electron chi connectivity index (χ1n) is 24.9. The second-order valence-corrected chi connectivity index (χ2v) is 19.8. The van der Waals surface area contributed by atoms with Crippen molar-refractivity contribution < 1.29 is 52.6 Å². The number of rotatable bonds is 31. The number of carbonyl (C=O) groups excluding carboxylic acids is 9. The van der Waals surface area contributed by atoms with Crippen LogP contribution in [0.25, 0.3) is 0 Å². The van der Waals surface area contributed by atoms with Crippen LogP contribution in [0.3, 0.4) is 0 Å². The van der Waals surface area contributed by atoms with Crippen LogP contribution in [0.5, 0.6) is 0 Å². The summed E-state index contributed by atoms with van der Waals surface area (Å²) in [6, 6.07) is 3.97. The minimum Gasteiger partial charge on any atom is -0.445 e. The number of carbonyl (C=O) groups is 9. The Hall–Kier alpha value is -5.65. The Morgan fingerprint density at radius 2 is 1.40 bits per heavy atom. The number of amides is 8. The highest BCUT2D eigenvalue weighted by molar-refractivity contribution is 6.12. The molecule has 18 nitrogen and oxygen atoms in total. The van der Waals surface area contributed by atoms with Crippen molar-refractivity contribution in [2.75, 3.05) is 39.6 Å². The molecule has 2 rings (SSSR count). The van der Waals surface area contributed by atoms with Gasteiger partial charge in [-0.1, -0.05) is 87.3 Å². The number of Topliss-reactive ketones (excluding diaryl/α,β-unsaturated/α-hetero) is 2. The zero-order chi connectivity index (χ0) is 53.0. The maximum absolute atomic E-state index is 14.3. The van der Waals surface area contributed by atoms with Crippen molar-refractivity contribution in [1.29, 1.82) is 0 Å². The fourth-order valence-corrected chi connectivity index (χ4v) is 9.20.